The molecule has 0 radical (unpaired) electrons. The van der Waals surface area contributed by atoms with Crippen LogP contribution in [0.3, 0.4) is 0 Å². The molecule has 21 heavy (non-hydrogen) atoms. The topological polar surface area (TPSA) is 83.7 Å². The zero-order valence-electron chi connectivity index (χ0n) is 11.7. The van der Waals surface area contributed by atoms with Crippen molar-refractivity contribution in [2.75, 3.05) is 0 Å². The normalized spacial score (nSPS) is 12.6. The van der Waals surface area contributed by atoms with Crippen molar-refractivity contribution in [1.29, 1.82) is 0 Å². The van der Waals surface area contributed by atoms with Gasteiger partial charge >= 0.3 is 5.97 Å². The maximum atomic E-state index is 13.1. The molecule has 0 aliphatic heterocycles. The van der Waals surface area contributed by atoms with Crippen LogP contribution in [0, 0.1) is 11.7 Å². The number of carbonyl (C=O) groups is 2. The molecule has 0 aliphatic rings. The molecule has 2 aromatic rings. The summed E-state index contributed by atoms with van der Waals surface area (Å²) >= 11 is 0. The first-order chi connectivity index (χ1) is 9.86. The monoisotopic (exact) mass is 293 g/mol. The van der Waals surface area contributed by atoms with E-state index >= 15 is 0 Å². The van der Waals surface area contributed by atoms with Gasteiger partial charge in [-0.05, 0) is 24.5 Å². The number of carboxylic acids is 1. The van der Waals surface area contributed by atoms with Crippen molar-refractivity contribution in [2.24, 2.45) is 5.92 Å². The van der Waals surface area contributed by atoms with Crippen molar-refractivity contribution in [3.63, 3.8) is 0 Å². The fraction of sp³-hybridized carbons (Fsp3) is 0.357. The second-order valence-corrected chi connectivity index (χ2v) is 5.23. The molecule has 7 heteroatoms. The number of halogens is 1. The van der Waals surface area contributed by atoms with Gasteiger partial charge in [0.1, 0.15) is 23.2 Å². The summed E-state index contributed by atoms with van der Waals surface area (Å²) in [6.07, 6.45) is 2.88. The van der Waals surface area contributed by atoms with Crippen LogP contribution in [-0.2, 0) is 4.79 Å². The Balaban J connectivity index is 2.19. The zero-order valence-corrected chi connectivity index (χ0v) is 11.7. The van der Waals surface area contributed by atoms with Gasteiger partial charge in [-0.15, -0.1) is 0 Å². The Morgan fingerprint density at radius 3 is 2.71 bits per heavy atom. The fourth-order valence-electron chi connectivity index (χ4n) is 2.00. The predicted octanol–water partition coefficient (Wildman–Crippen LogP) is 1.70. The number of fused-ring (bicyclic) bond motifs is 1. The SMILES string of the molecule is CC(C)CC(NC(=O)c1cn2cc(F)ccc2n1)C(=O)O. The summed E-state index contributed by atoms with van der Waals surface area (Å²) in [5.41, 5.74) is 0.466. The largest absolute Gasteiger partial charge is 0.480 e. The van der Waals surface area contributed by atoms with Crippen LogP contribution in [0.2, 0.25) is 0 Å². The highest BCUT2D eigenvalue weighted by Crippen LogP contribution is 2.09. The number of nitrogens with one attached hydrogen (secondary N) is 1. The van der Waals surface area contributed by atoms with Gasteiger partial charge in [0.2, 0.25) is 0 Å². The highest BCUT2D eigenvalue weighted by atomic mass is 19.1. The maximum Gasteiger partial charge on any atom is 0.326 e. The molecule has 0 aliphatic carbocycles. The first-order valence-electron chi connectivity index (χ1n) is 6.54. The van der Waals surface area contributed by atoms with Crippen LogP contribution in [0.4, 0.5) is 4.39 Å². The number of nitrogens with zero attached hydrogens (tertiary/aromatic N) is 2. The first kappa shape index (κ1) is 15.0. The lowest BCUT2D eigenvalue weighted by molar-refractivity contribution is -0.139. The molecule has 0 aromatic carbocycles. The van der Waals surface area contributed by atoms with Crippen LogP contribution in [0.15, 0.2) is 24.5 Å². The minimum absolute atomic E-state index is 0.0515. The van der Waals surface area contributed by atoms with E-state index in [1.807, 2.05) is 13.8 Å². The summed E-state index contributed by atoms with van der Waals surface area (Å²) in [7, 11) is 0. The minimum atomic E-state index is -1.09. The lowest BCUT2D eigenvalue weighted by Gasteiger charge is -2.15. The number of carboxylic acid groups (broad SMARTS) is 1. The Bertz CT molecular complexity index is 681. The molecule has 2 rings (SSSR count). The first-order valence-corrected chi connectivity index (χ1v) is 6.54. The quantitative estimate of drug-likeness (QED) is 0.879. The molecule has 1 amide bonds. The fourth-order valence-corrected chi connectivity index (χ4v) is 2.00. The maximum absolute atomic E-state index is 13.1. The summed E-state index contributed by atoms with van der Waals surface area (Å²) < 4.78 is 14.5. The van der Waals surface area contributed by atoms with Crippen LogP contribution in [0.1, 0.15) is 30.8 Å². The molecule has 2 N–H and O–H groups in total. The van der Waals surface area contributed by atoms with E-state index in [1.54, 1.807) is 0 Å². The van der Waals surface area contributed by atoms with E-state index in [1.165, 1.54) is 28.9 Å². The van der Waals surface area contributed by atoms with Gasteiger partial charge in [-0.3, -0.25) is 4.79 Å². The molecule has 2 heterocycles. The molecular formula is C14H16FN3O3. The van der Waals surface area contributed by atoms with Gasteiger partial charge in [0.05, 0.1) is 0 Å². The van der Waals surface area contributed by atoms with Gasteiger partial charge < -0.3 is 14.8 Å². The second-order valence-electron chi connectivity index (χ2n) is 5.23. The molecular weight excluding hydrogens is 277 g/mol. The highest BCUT2D eigenvalue weighted by Gasteiger charge is 2.23. The van der Waals surface area contributed by atoms with Gasteiger partial charge in [0, 0.05) is 12.4 Å². The number of rotatable bonds is 5. The number of aromatic nitrogens is 2. The van der Waals surface area contributed by atoms with E-state index in [2.05, 4.69) is 10.3 Å². The van der Waals surface area contributed by atoms with E-state index < -0.39 is 23.7 Å². The molecule has 0 saturated carbocycles. The zero-order chi connectivity index (χ0) is 15.6. The van der Waals surface area contributed by atoms with Gasteiger partial charge in [0.25, 0.3) is 5.91 Å². The van der Waals surface area contributed by atoms with Crippen molar-refractivity contribution in [3.05, 3.63) is 36.0 Å². The Morgan fingerprint density at radius 2 is 2.10 bits per heavy atom. The number of imidazole rings is 1. The van der Waals surface area contributed by atoms with Gasteiger partial charge in [0.15, 0.2) is 0 Å². The van der Waals surface area contributed by atoms with Crippen molar-refractivity contribution in [2.45, 2.75) is 26.3 Å². The molecule has 0 spiro atoms. The van der Waals surface area contributed by atoms with Crippen molar-refractivity contribution in [3.8, 4) is 0 Å². The molecule has 6 nitrogen and oxygen atoms in total. The van der Waals surface area contributed by atoms with Crippen LogP contribution in [0.25, 0.3) is 5.65 Å². The van der Waals surface area contributed by atoms with Crippen LogP contribution in [-0.4, -0.2) is 32.4 Å². The number of pyridine rings is 1. The third-order valence-electron chi connectivity index (χ3n) is 2.96. The van der Waals surface area contributed by atoms with Gasteiger partial charge in [-0.25, -0.2) is 14.2 Å². The molecule has 112 valence electrons. The van der Waals surface area contributed by atoms with Crippen molar-refractivity contribution in [1.82, 2.24) is 14.7 Å². The lowest BCUT2D eigenvalue weighted by Crippen LogP contribution is -2.41. The molecule has 1 atom stereocenters. The Morgan fingerprint density at radius 1 is 1.38 bits per heavy atom. The average Bonchev–Trinajstić information content (AvgIpc) is 2.80. The number of amides is 1. The average molecular weight is 293 g/mol. The van der Waals surface area contributed by atoms with Crippen LogP contribution in [0.5, 0.6) is 0 Å². The van der Waals surface area contributed by atoms with E-state index in [-0.39, 0.29) is 11.6 Å². The third-order valence-corrected chi connectivity index (χ3v) is 2.96. The molecule has 0 fully saturated rings. The summed E-state index contributed by atoms with van der Waals surface area (Å²) in [6, 6.07) is 1.71. The highest BCUT2D eigenvalue weighted by molar-refractivity contribution is 5.95. The second kappa shape index (κ2) is 5.90. The minimum Gasteiger partial charge on any atom is -0.480 e. The van der Waals surface area contributed by atoms with Crippen molar-refractivity contribution >= 4 is 17.5 Å². The molecule has 0 saturated heterocycles. The molecule has 0 bridgehead atoms. The van der Waals surface area contributed by atoms with Crippen LogP contribution < -0.4 is 5.32 Å². The van der Waals surface area contributed by atoms with E-state index in [9.17, 15) is 14.0 Å². The Labute approximate surface area is 120 Å². The summed E-state index contributed by atoms with van der Waals surface area (Å²) in [4.78, 5) is 27.2. The van der Waals surface area contributed by atoms with Gasteiger partial charge in [-0.2, -0.15) is 0 Å². The van der Waals surface area contributed by atoms with E-state index in [0.29, 0.717) is 12.1 Å². The van der Waals surface area contributed by atoms with E-state index in [0.717, 1.165) is 0 Å². The number of hydrogen-bond acceptors (Lipinski definition) is 3. The van der Waals surface area contributed by atoms with Crippen LogP contribution >= 0.6 is 0 Å². The number of carbonyl (C=O) groups excluding carboxylic acids is 1. The lowest BCUT2D eigenvalue weighted by atomic mass is 10.0. The molecule has 2 aromatic heterocycles. The summed E-state index contributed by atoms with van der Waals surface area (Å²) in [5.74, 6) is -2.00. The Kier molecular flexibility index (Phi) is 4.21. The third kappa shape index (κ3) is 3.56. The summed E-state index contributed by atoms with van der Waals surface area (Å²) in [6.45, 7) is 3.74. The Hall–Kier alpha value is -2.44. The molecule has 1 unspecified atom stereocenters. The summed E-state index contributed by atoms with van der Waals surface area (Å²) in [5, 5.41) is 11.5. The van der Waals surface area contributed by atoms with E-state index in [4.69, 9.17) is 5.11 Å². The smallest absolute Gasteiger partial charge is 0.326 e. The predicted molar refractivity (Wildman–Crippen MR) is 73.5 cm³/mol. The van der Waals surface area contributed by atoms with Gasteiger partial charge in [-0.1, -0.05) is 13.8 Å². The van der Waals surface area contributed by atoms with Crippen molar-refractivity contribution < 1.29 is 19.1 Å². The number of aliphatic carboxylic acids is 1. The standard InChI is InChI=1S/C14H16FN3O3/c1-8(2)5-10(14(20)21)17-13(19)11-7-18-6-9(15)3-4-12(18)16-11/h3-4,6-8,10H,5H2,1-2H3,(H,17,19)(H,20,21). The number of hydrogen-bond donors (Lipinski definition) is 2.